The van der Waals surface area contributed by atoms with Crippen LogP contribution < -0.4 is 4.90 Å². The van der Waals surface area contributed by atoms with Crippen LogP contribution in [0.3, 0.4) is 0 Å². The molecule has 3 atom stereocenters. The molecule has 0 unspecified atom stereocenters. The lowest BCUT2D eigenvalue weighted by molar-refractivity contribution is -0.139. The van der Waals surface area contributed by atoms with E-state index in [2.05, 4.69) is 111 Å². The van der Waals surface area contributed by atoms with Gasteiger partial charge in [-0.05, 0) is 36.6 Å². The zero-order valence-corrected chi connectivity index (χ0v) is 24.0. The van der Waals surface area contributed by atoms with Gasteiger partial charge in [-0.25, -0.2) is 4.79 Å². The van der Waals surface area contributed by atoms with E-state index < -0.39 is 8.07 Å². The van der Waals surface area contributed by atoms with Crippen LogP contribution in [0, 0.1) is 13.8 Å². The number of nitrogens with zero attached hydrogens (tertiary/aromatic N) is 1. The molecule has 2 heterocycles. The van der Waals surface area contributed by atoms with E-state index in [9.17, 15) is 4.79 Å². The van der Waals surface area contributed by atoms with E-state index in [1.807, 2.05) is 0 Å². The first-order valence-corrected chi connectivity index (χ1v) is 16.9. The summed E-state index contributed by atoms with van der Waals surface area (Å²) in [6, 6.07) is 26.2. The Hall–Kier alpha value is -3.57. The number of aryl methyl sites for hydroxylation is 2. The number of esters is 1. The summed E-state index contributed by atoms with van der Waals surface area (Å²) in [6.07, 6.45) is -0.343. The largest absolute Gasteiger partial charge is 0.496 e. The molecule has 0 saturated heterocycles. The highest BCUT2D eigenvalue weighted by Crippen LogP contribution is 2.60. The predicted molar refractivity (Wildman–Crippen MR) is 155 cm³/mol. The second-order valence-corrected chi connectivity index (χ2v) is 16.8. The Morgan fingerprint density at radius 3 is 2.16 bits per heavy atom. The molecule has 38 heavy (non-hydrogen) atoms. The van der Waals surface area contributed by atoms with E-state index in [1.54, 1.807) is 7.11 Å². The standard InChI is InChI=1S/C33H35NO3Si/c1-20-11-15-22(16-12-20)19-34-25-10-8-7-9-24(25)26-27(29(34)23-17-13-21(2)14-18-23)30(36-3)28-31(26)37-33(35)32(28)38(4,5)6/h7-18,26,29,31H,19H2,1-6H3/t26-,29+,31+/m1/s1. The third-order valence-corrected chi connectivity index (χ3v) is 10.1. The van der Waals surface area contributed by atoms with Gasteiger partial charge in [0.2, 0.25) is 0 Å². The number of rotatable bonds is 5. The van der Waals surface area contributed by atoms with E-state index in [4.69, 9.17) is 9.47 Å². The van der Waals surface area contributed by atoms with Crippen LogP contribution in [-0.4, -0.2) is 27.3 Å². The number of ether oxygens (including phenoxy) is 2. The van der Waals surface area contributed by atoms with Gasteiger partial charge in [-0.1, -0.05) is 97.5 Å². The van der Waals surface area contributed by atoms with Crippen molar-refractivity contribution in [2.45, 2.75) is 58.1 Å². The van der Waals surface area contributed by atoms with Gasteiger partial charge < -0.3 is 14.4 Å². The number of anilines is 1. The fourth-order valence-electron chi connectivity index (χ4n) is 6.48. The van der Waals surface area contributed by atoms with Gasteiger partial charge in [-0.3, -0.25) is 0 Å². The van der Waals surface area contributed by atoms with Crippen molar-refractivity contribution in [2.24, 2.45) is 0 Å². The Balaban J connectivity index is 1.64. The molecule has 0 aromatic heterocycles. The van der Waals surface area contributed by atoms with Crippen LogP contribution in [0.25, 0.3) is 0 Å². The number of para-hydroxylation sites is 1. The zero-order valence-electron chi connectivity index (χ0n) is 23.0. The average Bonchev–Trinajstić information content (AvgIpc) is 3.38. The fraction of sp³-hybridized carbons (Fsp3) is 0.303. The maximum Gasteiger partial charge on any atom is 0.331 e. The van der Waals surface area contributed by atoms with Crippen molar-refractivity contribution in [3.63, 3.8) is 0 Å². The Labute approximate surface area is 226 Å². The van der Waals surface area contributed by atoms with Crippen molar-refractivity contribution >= 4 is 19.7 Å². The van der Waals surface area contributed by atoms with Crippen molar-refractivity contribution in [1.82, 2.24) is 0 Å². The van der Waals surface area contributed by atoms with Gasteiger partial charge in [0.15, 0.2) is 0 Å². The topological polar surface area (TPSA) is 38.8 Å². The highest BCUT2D eigenvalue weighted by Gasteiger charge is 2.56. The van der Waals surface area contributed by atoms with Crippen LogP contribution in [0.2, 0.25) is 19.6 Å². The summed E-state index contributed by atoms with van der Waals surface area (Å²) in [4.78, 5) is 15.8. The van der Waals surface area contributed by atoms with Crippen LogP contribution in [0.1, 0.15) is 39.8 Å². The van der Waals surface area contributed by atoms with Gasteiger partial charge in [-0.2, -0.15) is 0 Å². The molecule has 1 aliphatic carbocycles. The van der Waals surface area contributed by atoms with Gasteiger partial charge >= 0.3 is 5.97 Å². The zero-order chi connectivity index (χ0) is 26.8. The van der Waals surface area contributed by atoms with E-state index in [0.717, 1.165) is 23.1 Å². The summed E-state index contributed by atoms with van der Waals surface area (Å²) >= 11 is 0. The first-order chi connectivity index (χ1) is 18.2. The van der Waals surface area contributed by atoms with Gasteiger partial charge in [0, 0.05) is 28.6 Å². The molecule has 2 aliphatic heterocycles. The summed E-state index contributed by atoms with van der Waals surface area (Å²) in [5, 5.41) is 0.867. The van der Waals surface area contributed by atoms with Crippen molar-refractivity contribution in [1.29, 1.82) is 0 Å². The SMILES string of the molecule is COC1=C2[C@H](c3ccc(C)cc3)N(Cc3ccc(C)cc3)c3ccccc3[C@H]2[C@@H]2OC(=O)C([Si](C)(C)C)=C12. The minimum absolute atomic E-state index is 0.0496. The number of carbonyl (C=O) groups excluding carboxylic acids is 1. The van der Waals surface area contributed by atoms with Crippen molar-refractivity contribution in [3.8, 4) is 0 Å². The molecule has 0 fully saturated rings. The molecular weight excluding hydrogens is 486 g/mol. The molecular formula is C33H35NO3Si. The van der Waals surface area contributed by atoms with Gasteiger partial charge in [-0.15, -0.1) is 0 Å². The number of hydrogen-bond acceptors (Lipinski definition) is 4. The molecule has 0 radical (unpaired) electrons. The summed E-state index contributed by atoms with van der Waals surface area (Å²) in [5.74, 6) is 0.607. The highest BCUT2D eigenvalue weighted by atomic mass is 28.3. The number of benzene rings is 3. The lowest BCUT2D eigenvalue weighted by atomic mass is 9.78. The normalized spacial score (nSPS) is 22.3. The molecule has 4 nitrogen and oxygen atoms in total. The summed E-state index contributed by atoms with van der Waals surface area (Å²) in [7, 11) is -0.255. The van der Waals surface area contributed by atoms with Gasteiger partial charge in [0.1, 0.15) is 11.9 Å². The molecule has 194 valence electrons. The number of fused-ring (bicyclic) bond motifs is 5. The average molecular weight is 522 g/mol. The van der Waals surface area contributed by atoms with Crippen molar-refractivity contribution in [3.05, 3.63) is 123 Å². The maximum absolute atomic E-state index is 13.3. The molecule has 3 aromatic carbocycles. The first-order valence-electron chi connectivity index (χ1n) is 13.4. The minimum Gasteiger partial charge on any atom is -0.496 e. The highest BCUT2D eigenvalue weighted by molar-refractivity contribution is 6.87. The van der Waals surface area contributed by atoms with E-state index in [0.29, 0.717) is 0 Å². The van der Waals surface area contributed by atoms with Crippen molar-refractivity contribution < 1.29 is 14.3 Å². The van der Waals surface area contributed by atoms with E-state index >= 15 is 0 Å². The fourth-order valence-corrected chi connectivity index (χ4v) is 8.21. The molecule has 5 heteroatoms. The van der Waals surface area contributed by atoms with Crippen LogP contribution in [-0.2, 0) is 20.8 Å². The molecule has 6 rings (SSSR count). The predicted octanol–water partition coefficient (Wildman–Crippen LogP) is 7.16. The van der Waals surface area contributed by atoms with E-state index in [-0.39, 0.29) is 24.0 Å². The maximum atomic E-state index is 13.3. The Morgan fingerprint density at radius 2 is 1.53 bits per heavy atom. The minimum atomic E-state index is -2.00. The lowest BCUT2D eigenvalue weighted by Crippen LogP contribution is -2.38. The molecule has 0 bridgehead atoms. The van der Waals surface area contributed by atoms with Crippen LogP contribution in [0.15, 0.2) is 94.9 Å². The number of carbonyl (C=O) groups is 1. The molecule has 0 N–H and O–H groups in total. The Bertz CT molecular complexity index is 1480. The monoisotopic (exact) mass is 521 g/mol. The number of hydrogen-bond donors (Lipinski definition) is 0. The first kappa shape index (κ1) is 24.7. The summed E-state index contributed by atoms with van der Waals surface area (Å²) in [6.45, 7) is 11.7. The quantitative estimate of drug-likeness (QED) is 0.264. The van der Waals surface area contributed by atoms with Gasteiger partial charge in [0.05, 0.1) is 27.1 Å². The van der Waals surface area contributed by atoms with Crippen LogP contribution in [0.4, 0.5) is 5.69 Å². The second kappa shape index (κ2) is 9.02. The van der Waals surface area contributed by atoms with Gasteiger partial charge in [0.25, 0.3) is 0 Å². The summed E-state index contributed by atoms with van der Waals surface area (Å²) < 4.78 is 12.5. The van der Waals surface area contributed by atoms with Crippen LogP contribution >= 0.6 is 0 Å². The summed E-state index contributed by atoms with van der Waals surface area (Å²) in [5.41, 5.74) is 9.52. The Kier molecular flexibility index (Phi) is 5.87. The molecule has 3 aliphatic rings. The van der Waals surface area contributed by atoms with Crippen molar-refractivity contribution in [2.75, 3.05) is 12.0 Å². The number of methoxy groups -OCH3 is 1. The third-order valence-electron chi connectivity index (χ3n) is 8.14. The second-order valence-electron chi connectivity index (χ2n) is 11.8. The Morgan fingerprint density at radius 1 is 0.895 bits per heavy atom. The lowest BCUT2D eigenvalue weighted by Gasteiger charge is -2.44. The third kappa shape index (κ3) is 3.83. The van der Waals surface area contributed by atoms with E-state index in [1.165, 1.54) is 39.1 Å². The molecule has 3 aromatic rings. The molecule has 0 amide bonds. The van der Waals surface area contributed by atoms with Crippen LogP contribution in [0.5, 0.6) is 0 Å². The molecule has 0 saturated carbocycles. The molecule has 0 spiro atoms. The smallest absolute Gasteiger partial charge is 0.331 e.